The summed E-state index contributed by atoms with van der Waals surface area (Å²) < 4.78 is 40.2. The van der Waals surface area contributed by atoms with Crippen LogP contribution in [0.1, 0.15) is 78.1 Å². The van der Waals surface area contributed by atoms with Crippen LogP contribution in [-0.4, -0.2) is 38.5 Å². The van der Waals surface area contributed by atoms with Crippen LogP contribution in [0.25, 0.3) is 0 Å². The molecule has 9 nitrogen and oxygen atoms in total. The lowest BCUT2D eigenvalue weighted by Gasteiger charge is -2.20. The number of carbonyl (C=O) groups excluding carboxylic acids is 1. The van der Waals surface area contributed by atoms with Crippen LogP contribution in [0.3, 0.4) is 0 Å². The van der Waals surface area contributed by atoms with Crippen LogP contribution in [-0.2, 0) is 40.8 Å². The number of anilines is 1. The second-order valence-corrected chi connectivity index (χ2v) is 15.4. The molecule has 290 valence electrons. The Morgan fingerprint density at radius 2 is 1.42 bits per heavy atom. The molecular formula is C45H53N3O6S. The number of aliphatic hydroxyl groups is 1. The molecule has 4 N–H and O–H groups in total. The van der Waals surface area contributed by atoms with Crippen molar-refractivity contribution in [2.45, 2.75) is 70.7 Å². The van der Waals surface area contributed by atoms with Gasteiger partial charge in [0.2, 0.25) is 10.0 Å². The summed E-state index contributed by atoms with van der Waals surface area (Å²) in [6, 6.07) is 42.2. The average Bonchev–Trinajstić information content (AvgIpc) is 3.21. The zero-order valence-corrected chi connectivity index (χ0v) is 32.3. The molecule has 0 spiro atoms. The van der Waals surface area contributed by atoms with E-state index in [1.165, 1.54) is 5.56 Å². The Balaban J connectivity index is 1.06. The molecule has 0 aliphatic carbocycles. The highest BCUT2D eigenvalue weighted by atomic mass is 32.2. The molecule has 0 fully saturated rings. The Morgan fingerprint density at radius 1 is 0.745 bits per heavy atom. The van der Waals surface area contributed by atoms with Gasteiger partial charge in [0.05, 0.1) is 18.4 Å². The van der Waals surface area contributed by atoms with E-state index >= 15 is 0 Å². The third-order valence-corrected chi connectivity index (χ3v) is 10.6. The van der Waals surface area contributed by atoms with Gasteiger partial charge in [-0.05, 0) is 84.7 Å². The number of hydrogen-bond acceptors (Lipinski definition) is 7. The number of rotatable bonds is 22. The number of aliphatic hydroxyl groups excluding tert-OH is 1. The average molecular weight is 764 g/mol. The Kier molecular flexibility index (Phi) is 16.2. The molecule has 0 saturated carbocycles. The van der Waals surface area contributed by atoms with Crippen molar-refractivity contribution in [2.24, 2.45) is 0 Å². The maximum atomic E-state index is 12.8. The van der Waals surface area contributed by atoms with E-state index < -0.39 is 16.1 Å². The number of para-hydroxylation sites is 1. The van der Waals surface area contributed by atoms with Gasteiger partial charge >= 0.3 is 6.09 Å². The number of unbranched alkanes of at least 4 members (excludes halogenated alkanes) is 1. The first kappa shape index (κ1) is 41.0. The minimum Gasteiger partial charge on any atom is -0.489 e. The summed E-state index contributed by atoms with van der Waals surface area (Å²) in [5.74, 6) is 0.643. The summed E-state index contributed by atoms with van der Waals surface area (Å²) in [5.41, 5.74) is 6.36. The molecule has 0 unspecified atom stereocenters. The van der Waals surface area contributed by atoms with Gasteiger partial charge in [0.25, 0.3) is 0 Å². The van der Waals surface area contributed by atoms with Crippen molar-refractivity contribution in [1.82, 2.24) is 10.6 Å². The number of ether oxygens (including phenoxy) is 2. The molecule has 5 rings (SSSR count). The topological polar surface area (TPSA) is 126 Å². The number of sulfonamides is 1. The van der Waals surface area contributed by atoms with E-state index in [1.54, 1.807) is 18.2 Å². The number of nitrogens with one attached hydrogen (secondary N) is 3. The van der Waals surface area contributed by atoms with Crippen molar-refractivity contribution in [3.8, 4) is 5.75 Å². The highest BCUT2D eigenvalue weighted by Gasteiger charge is 2.18. The third-order valence-electron chi connectivity index (χ3n) is 9.29. The number of carbonyl (C=O) groups is 1. The summed E-state index contributed by atoms with van der Waals surface area (Å²) >= 11 is 0. The van der Waals surface area contributed by atoms with Crippen molar-refractivity contribution >= 4 is 21.8 Å². The third kappa shape index (κ3) is 13.9. The van der Waals surface area contributed by atoms with Gasteiger partial charge in [-0.15, -0.1) is 0 Å². The molecule has 0 aliphatic rings. The minimum absolute atomic E-state index is 0.0120. The molecule has 10 heteroatoms. The Morgan fingerprint density at radius 3 is 2.15 bits per heavy atom. The lowest BCUT2D eigenvalue weighted by Crippen LogP contribution is -2.26. The summed E-state index contributed by atoms with van der Waals surface area (Å²) in [4.78, 5) is 12.5. The Hall–Kier alpha value is -5.16. The number of aryl methyl sites for hydroxylation is 2. The fraction of sp³-hybridized carbons (Fsp3) is 0.311. The molecule has 0 heterocycles. The SMILES string of the molecule is CCC[C@@H](OC(=O)NCc1ccccc1)c1ccc(CCCCN[C@@H](CO)c2ccccc2OCc2cccc(NS(=O)(=O)CCc3ccccc3)c2)cc1. The second kappa shape index (κ2) is 21.7. The number of hydrogen-bond donors (Lipinski definition) is 4. The first-order valence-electron chi connectivity index (χ1n) is 19.1. The standard InChI is InChI=1S/C45H53N3O6S/c1-2-14-43(54-45(50)47-32-37-18-7-4-8-19-37)39-26-24-36(25-27-39)17-11-12-29-46-42(33-49)41-22-9-10-23-44(41)53-34-38-20-13-21-40(31-38)48-55(51,52)30-28-35-15-5-3-6-16-35/h3-10,13,15-16,18-27,31,42-43,46,48-49H,2,11-12,14,17,28-30,32-34H2,1H3,(H,47,50)/t42-,43+/m0/s1. The molecule has 0 radical (unpaired) electrons. The van der Waals surface area contributed by atoms with Gasteiger partial charge in [0.1, 0.15) is 18.5 Å². The Labute approximate surface area is 326 Å². The molecular weight excluding hydrogens is 711 g/mol. The summed E-state index contributed by atoms with van der Waals surface area (Å²) in [6.07, 6.45) is 4.14. The Bertz CT molecular complexity index is 1990. The summed E-state index contributed by atoms with van der Waals surface area (Å²) in [6.45, 7) is 3.37. The van der Waals surface area contributed by atoms with Crippen LogP contribution in [0.2, 0.25) is 0 Å². The van der Waals surface area contributed by atoms with E-state index in [9.17, 15) is 18.3 Å². The monoisotopic (exact) mass is 763 g/mol. The van der Waals surface area contributed by atoms with Gasteiger partial charge in [-0.25, -0.2) is 13.2 Å². The zero-order chi connectivity index (χ0) is 38.7. The molecule has 0 aliphatic heterocycles. The van der Waals surface area contributed by atoms with E-state index in [0.29, 0.717) is 30.9 Å². The smallest absolute Gasteiger partial charge is 0.408 e. The van der Waals surface area contributed by atoms with Gasteiger partial charge in [-0.3, -0.25) is 4.72 Å². The molecule has 0 aromatic heterocycles. The largest absolute Gasteiger partial charge is 0.489 e. The van der Waals surface area contributed by atoms with Crippen LogP contribution in [0.5, 0.6) is 5.75 Å². The molecule has 0 bridgehead atoms. The van der Waals surface area contributed by atoms with Crippen LogP contribution in [0.4, 0.5) is 10.5 Å². The normalized spacial score (nSPS) is 12.4. The first-order chi connectivity index (χ1) is 26.8. The fourth-order valence-electron chi connectivity index (χ4n) is 6.31. The van der Waals surface area contributed by atoms with E-state index in [1.807, 2.05) is 91.0 Å². The predicted octanol–water partition coefficient (Wildman–Crippen LogP) is 8.66. The summed E-state index contributed by atoms with van der Waals surface area (Å²) in [7, 11) is -3.53. The highest BCUT2D eigenvalue weighted by molar-refractivity contribution is 7.92. The maximum Gasteiger partial charge on any atom is 0.408 e. The lowest BCUT2D eigenvalue weighted by atomic mass is 10.0. The van der Waals surface area contributed by atoms with Gasteiger partial charge < -0.3 is 25.2 Å². The van der Waals surface area contributed by atoms with Gasteiger partial charge in [-0.2, -0.15) is 0 Å². The molecule has 5 aromatic carbocycles. The zero-order valence-electron chi connectivity index (χ0n) is 31.5. The molecule has 2 atom stereocenters. The van der Waals surface area contributed by atoms with E-state index in [2.05, 4.69) is 46.5 Å². The first-order valence-corrected chi connectivity index (χ1v) is 20.7. The van der Waals surface area contributed by atoms with Crippen molar-refractivity contribution in [2.75, 3.05) is 23.6 Å². The van der Waals surface area contributed by atoms with Crippen molar-refractivity contribution in [3.05, 3.63) is 167 Å². The van der Waals surface area contributed by atoms with Crippen molar-refractivity contribution < 1.29 is 27.8 Å². The summed E-state index contributed by atoms with van der Waals surface area (Å²) in [5, 5.41) is 16.7. The lowest BCUT2D eigenvalue weighted by molar-refractivity contribution is 0.0916. The number of alkyl carbamates (subject to hydrolysis) is 1. The van der Waals surface area contributed by atoms with Gasteiger partial charge in [0.15, 0.2) is 0 Å². The number of benzene rings is 5. The fourth-order valence-corrected chi connectivity index (χ4v) is 7.40. The molecule has 0 saturated heterocycles. The number of amides is 1. The second-order valence-electron chi connectivity index (χ2n) is 13.6. The molecule has 55 heavy (non-hydrogen) atoms. The van der Waals surface area contributed by atoms with Crippen LogP contribution >= 0.6 is 0 Å². The van der Waals surface area contributed by atoms with Crippen LogP contribution < -0.4 is 20.1 Å². The minimum atomic E-state index is -3.53. The van der Waals surface area contributed by atoms with Crippen molar-refractivity contribution in [3.63, 3.8) is 0 Å². The molecule has 1 amide bonds. The van der Waals surface area contributed by atoms with E-state index in [0.717, 1.165) is 59.9 Å². The van der Waals surface area contributed by atoms with Crippen LogP contribution in [0, 0.1) is 0 Å². The maximum absolute atomic E-state index is 12.8. The van der Waals surface area contributed by atoms with Crippen LogP contribution in [0.15, 0.2) is 133 Å². The van der Waals surface area contributed by atoms with Crippen molar-refractivity contribution in [1.29, 1.82) is 0 Å². The van der Waals surface area contributed by atoms with E-state index in [4.69, 9.17) is 9.47 Å². The van der Waals surface area contributed by atoms with E-state index in [-0.39, 0.29) is 31.1 Å². The highest BCUT2D eigenvalue weighted by Crippen LogP contribution is 2.27. The quantitative estimate of drug-likeness (QED) is 0.0520. The van der Waals surface area contributed by atoms with Gasteiger partial charge in [-0.1, -0.05) is 129 Å². The predicted molar refractivity (Wildman–Crippen MR) is 219 cm³/mol. The molecule has 5 aromatic rings. The van der Waals surface area contributed by atoms with Gasteiger partial charge in [0, 0.05) is 17.8 Å².